The number of ether oxygens (including phenoxy) is 9. The van der Waals surface area contributed by atoms with Gasteiger partial charge in [0.05, 0.1) is 53.1 Å². The van der Waals surface area contributed by atoms with Crippen molar-refractivity contribution in [3.63, 3.8) is 0 Å². The molecule has 0 aromatic carbocycles. The fraction of sp³-hybridized carbons (Fsp3) is 0.842. The molecule has 6 aliphatic carbocycles. The number of fused-ring (bicyclic) bond motifs is 3. The molecule has 0 N–H and O–H groups in total. The summed E-state index contributed by atoms with van der Waals surface area (Å²) < 4.78 is 49.3. The van der Waals surface area contributed by atoms with Gasteiger partial charge in [-0.2, -0.15) is 0 Å². The maximum absolute atomic E-state index is 12.3. The Hall–Kier alpha value is -4.61. The molecule has 18 heteroatoms. The highest BCUT2D eigenvalue weighted by Gasteiger charge is 2.54. The number of esters is 8. The van der Waals surface area contributed by atoms with Gasteiger partial charge in [0.15, 0.2) is 12.4 Å². The second-order valence-corrected chi connectivity index (χ2v) is 25.0. The van der Waals surface area contributed by atoms with E-state index in [0.29, 0.717) is 49.5 Å². The lowest BCUT2D eigenvalue weighted by Gasteiger charge is -2.41. The number of Topliss-reactive ketones (excluding diaryl/α,β-unsaturated/α-hetero) is 1. The molecule has 0 aromatic heterocycles. The van der Waals surface area contributed by atoms with Crippen molar-refractivity contribution in [1.82, 2.24) is 0 Å². The van der Waals surface area contributed by atoms with Gasteiger partial charge < -0.3 is 42.6 Å². The van der Waals surface area contributed by atoms with Crippen LogP contribution < -0.4 is 0 Å². The van der Waals surface area contributed by atoms with Gasteiger partial charge in [0.25, 0.3) is 0 Å². The van der Waals surface area contributed by atoms with Gasteiger partial charge in [0.2, 0.25) is 0 Å². The molecule has 18 nitrogen and oxygen atoms in total. The Kier molecular flexibility index (Phi) is 18.9. The Morgan fingerprint density at radius 2 is 0.813 bits per heavy atom. The largest absolute Gasteiger partial charge is 0.463 e. The second kappa shape index (κ2) is 24.4. The van der Waals surface area contributed by atoms with E-state index in [-0.39, 0.29) is 116 Å². The van der Waals surface area contributed by atoms with E-state index < -0.39 is 52.3 Å². The number of ketones is 1. The summed E-state index contributed by atoms with van der Waals surface area (Å²) in [4.78, 5) is 108. The van der Waals surface area contributed by atoms with Crippen molar-refractivity contribution in [3.05, 3.63) is 0 Å². The molecule has 420 valence electrons. The molecule has 6 saturated carbocycles. The first-order valence-electron chi connectivity index (χ1n) is 28.0. The third kappa shape index (κ3) is 14.3. The molecule has 6 aliphatic heterocycles. The zero-order valence-corrected chi connectivity index (χ0v) is 45.9. The number of carbonyl (C=O) groups is 9. The van der Waals surface area contributed by atoms with Crippen molar-refractivity contribution in [3.8, 4) is 0 Å². The molecule has 15 atom stereocenters. The minimum Gasteiger partial charge on any atom is -0.463 e. The van der Waals surface area contributed by atoms with Crippen LogP contribution in [0.4, 0.5) is 0 Å². The lowest BCUT2D eigenvalue weighted by molar-refractivity contribution is -0.180. The van der Waals surface area contributed by atoms with Crippen molar-refractivity contribution in [2.75, 3.05) is 26.4 Å². The van der Waals surface area contributed by atoms with E-state index in [0.717, 1.165) is 77.0 Å². The molecule has 12 aliphatic rings. The van der Waals surface area contributed by atoms with Crippen LogP contribution in [0, 0.1) is 69.5 Å². The van der Waals surface area contributed by atoms with Crippen LogP contribution in [0.2, 0.25) is 0 Å². The maximum atomic E-state index is 12.3. The molecular weight excluding hydrogens is 973 g/mol. The minimum atomic E-state index is -0.630. The van der Waals surface area contributed by atoms with Gasteiger partial charge in [0, 0.05) is 18.3 Å². The van der Waals surface area contributed by atoms with E-state index in [1.165, 1.54) is 0 Å². The van der Waals surface area contributed by atoms with Gasteiger partial charge in [-0.05, 0) is 162 Å². The zero-order valence-electron chi connectivity index (χ0n) is 45.9. The summed E-state index contributed by atoms with van der Waals surface area (Å²) in [5.74, 6) is -0.452. The third-order valence-corrected chi connectivity index (χ3v) is 18.3. The molecule has 0 spiro atoms. The standard InChI is InChI=1S/C21H30O7.C18H26O6.C18H28O5/c1-4-21(2,3)20(25)26-11-15(22)5-6-17(23)28-18-13-7-12-8-14(10-13)19(24)27-16(18)9-12;1-4-18(2,3)17(21)22-9-14(19)24-15-11-5-10-6-12(8-11)16(20)23-13(15)7-10;1-4-18(2,3)17(20)22-6-5-21-15-12-7-11-8-13(10-12)16(19)23-14(15)9-11/h12-14,16,18H,4-11H2,1-3H3;10-13,15H,4-9H2,1-3H3;11-15H,4-10H2,1-3H3. The Morgan fingerprint density at radius 3 is 1.24 bits per heavy atom. The van der Waals surface area contributed by atoms with E-state index in [4.69, 9.17) is 42.6 Å². The minimum absolute atomic E-state index is 0.0293. The molecule has 12 bridgehead atoms. The summed E-state index contributed by atoms with van der Waals surface area (Å²) in [6, 6.07) is 0. The van der Waals surface area contributed by atoms with Gasteiger partial charge >= 0.3 is 47.8 Å². The van der Waals surface area contributed by atoms with E-state index >= 15 is 0 Å². The number of rotatable bonds is 19. The van der Waals surface area contributed by atoms with Crippen molar-refractivity contribution >= 4 is 53.5 Å². The Labute approximate surface area is 442 Å². The first-order chi connectivity index (χ1) is 35.4. The highest BCUT2D eigenvalue weighted by molar-refractivity contribution is 5.86. The normalized spacial score (nSPS) is 33.6. The first-order valence-corrected chi connectivity index (χ1v) is 28.0. The van der Waals surface area contributed by atoms with Gasteiger partial charge in [-0.25, -0.2) is 4.79 Å². The van der Waals surface area contributed by atoms with E-state index in [1.54, 1.807) is 27.7 Å². The average Bonchev–Trinajstić information content (AvgIpc) is 3.73. The number of hydrogen-bond donors (Lipinski definition) is 0. The Balaban J connectivity index is 0.000000165. The highest BCUT2D eigenvalue weighted by atomic mass is 16.6. The highest BCUT2D eigenvalue weighted by Crippen LogP contribution is 2.51. The molecule has 15 unspecified atom stereocenters. The average molecular weight is 1060 g/mol. The Bertz CT molecular complexity index is 2130. The predicted octanol–water partition coefficient (Wildman–Crippen LogP) is 7.54. The molecule has 6 heterocycles. The topological polar surface area (TPSA) is 237 Å². The van der Waals surface area contributed by atoms with Crippen LogP contribution in [-0.2, 0) is 85.8 Å². The quantitative estimate of drug-likeness (QED) is 0.0690. The van der Waals surface area contributed by atoms with Crippen molar-refractivity contribution in [2.45, 2.75) is 208 Å². The van der Waals surface area contributed by atoms with Crippen molar-refractivity contribution in [2.24, 2.45) is 69.5 Å². The lowest BCUT2D eigenvalue weighted by Crippen LogP contribution is -2.45. The smallest absolute Gasteiger partial charge is 0.344 e. The van der Waals surface area contributed by atoms with E-state index in [2.05, 4.69) is 0 Å². The van der Waals surface area contributed by atoms with Crippen LogP contribution in [0.1, 0.15) is 171 Å². The molecule has 0 amide bonds. The first kappa shape index (κ1) is 58.1. The van der Waals surface area contributed by atoms with Gasteiger partial charge in [-0.3, -0.25) is 38.4 Å². The molecule has 0 aromatic rings. The molecule has 0 radical (unpaired) electrons. The number of hydrogen-bond acceptors (Lipinski definition) is 18. The van der Waals surface area contributed by atoms with E-state index in [9.17, 15) is 43.2 Å². The molecular formula is C57H84O18. The third-order valence-electron chi connectivity index (χ3n) is 18.3. The molecule has 12 fully saturated rings. The second-order valence-electron chi connectivity index (χ2n) is 25.0. The monoisotopic (exact) mass is 1060 g/mol. The van der Waals surface area contributed by atoms with Crippen LogP contribution in [0.3, 0.4) is 0 Å². The summed E-state index contributed by atoms with van der Waals surface area (Å²) in [5.41, 5.74) is -1.69. The van der Waals surface area contributed by atoms with Gasteiger partial charge in [-0.1, -0.05) is 20.8 Å². The summed E-state index contributed by atoms with van der Waals surface area (Å²) >= 11 is 0. The summed E-state index contributed by atoms with van der Waals surface area (Å²) in [5, 5.41) is 0. The summed E-state index contributed by atoms with van der Waals surface area (Å²) in [6.45, 7) is 16.5. The summed E-state index contributed by atoms with van der Waals surface area (Å²) in [7, 11) is 0. The summed E-state index contributed by atoms with van der Waals surface area (Å²) in [6.07, 6.45) is 10.8. The van der Waals surface area contributed by atoms with Crippen LogP contribution >= 0.6 is 0 Å². The molecule has 6 saturated heterocycles. The fourth-order valence-corrected chi connectivity index (χ4v) is 12.7. The Morgan fingerprint density at radius 1 is 0.440 bits per heavy atom. The van der Waals surface area contributed by atoms with Crippen LogP contribution in [-0.4, -0.2) is 117 Å². The fourth-order valence-electron chi connectivity index (χ4n) is 12.7. The van der Waals surface area contributed by atoms with E-state index in [1.807, 2.05) is 34.6 Å². The van der Waals surface area contributed by atoms with Crippen molar-refractivity contribution < 1.29 is 85.8 Å². The molecule has 12 rings (SSSR count). The number of carbonyl (C=O) groups excluding carboxylic acids is 9. The van der Waals surface area contributed by atoms with Gasteiger partial charge in [0.1, 0.15) is 43.7 Å². The van der Waals surface area contributed by atoms with Crippen LogP contribution in [0.25, 0.3) is 0 Å². The van der Waals surface area contributed by atoms with Crippen LogP contribution in [0.15, 0.2) is 0 Å². The van der Waals surface area contributed by atoms with Crippen molar-refractivity contribution in [1.29, 1.82) is 0 Å². The SMILES string of the molecule is CCC(C)(C)C(=O)OCC(=O)CCC(=O)OC1C2CC3CC(C2)C(=O)OC1C3.CCC(C)(C)C(=O)OCC(=O)OC1C2CC3CC(C2)C(=O)OC1C3.CCC(C)(C)C(=O)OCCOC1C2CC3CC(C2)C(=O)OC1C3. The molecule has 75 heavy (non-hydrogen) atoms. The van der Waals surface area contributed by atoms with Gasteiger partial charge in [-0.15, -0.1) is 0 Å². The lowest BCUT2D eigenvalue weighted by atomic mass is 9.67. The predicted molar refractivity (Wildman–Crippen MR) is 265 cm³/mol. The van der Waals surface area contributed by atoms with Crippen LogP contribution in [0.5, 0.6) is 0 Å². The maximum Gasteiger partial charge on any atom is 0.344 e. The zero-order chi connectivity index (χ0) is 54.6.